The Balaban J connectivity index is 0.904. The fourth-order valence-corrected chi connectivity index (χ4v) is 21.0. The molecule has 5 aromatic carbocycles. The largest absolute Gasteiger partial charge is 0.370 e. The molecule has 5 aliphatic heterocycles. The van der Waals surface area contributed by atoms with E-state index in [4.69, 9.17) is 15.0 Å². The third-order valence-electron chi connectivity index (χ3n) is 16.5. The Kier molecular flexibility index (Phi) is 19.5. The summed E-state index contributed by atoms with van der Waals surface area (Å²) in [7, 11) is 0. The summed E-state index contributed by atoms with van der Waals surface area (Å²) >= 11 is 12.2. The average Bonchev–Trinajstić information content (AvgIpc) is 1.83. The summed E-state index contributed by atoms with van der Waals surface area (Å²) in [5, 5.41) is 4.14. The summed E-state index contributed by atoms with van der Waals surface area (Å²) in [6, 6.07) is 56.0. The van der Waals surface area contributed by atoms with Crippen LogP contribution in [0.2, 0.25) is 0 Å². The van der Waals surface area contributed by atoms with Crippen LogP contribution in [0, 0.1) is 0 Å². The number of unbranched alkanes of at least 4 members (excludes halogenated alkanes) is 14. The first kappa shape index (κ1) is 59.0. The lowest BCUT2D eigenvalue weighted by molar-refractivity contribution is 0.586. The van der Waals surface area contributed by atoms with E-state index in [9.17, 15) is 0 Å². The van der Waals surface area contributed by atoms with E-state index in [1.807, 2.05) is 47.0 Å². The molecule has 436 valence electrons. The van der Waals surface area contributed by atoms with E-state index in [0.29, 0.717) is 0 Å². The minimum Gasteiger partial charge on any atom is -0.370 e. The normalized spacial score (nSPS) is 15.0. The van der Waals surface area contributed by atoms with Gasteiger partial charge in [-0.1, -0.05) is 272 Å². The van der Waals surface area contributed by atoms with Gasteiger partial charge in [-0.25, -0.2) is 15.0 Å². The number of fused-ring (bicyclic) bond motifs is 13. The minimum atomic E-state index is -0.368. The second-order valence-electron chi connectivity index (χ2n) is 22.7. The van der Waals surface area contributed by atoms with Crippen LogP contribution in [0.1, 0.15) is 145 Å². The molecule has 0 amide bonds. The van der Waals surface area contributed by atoms with Gasteiger partial charge in [-0.2, -0.15) is 0 Å². The van der Waals surface area contributed by atoms with E-state index in [2.05, 4.69) is 223 Å². The molecular weight excluding hydrogens is 1170 g/mol. The van der Waals surface area contributed by atoms with Crippen LogP contribution >= 0.6 is 70.6 Å². The van der Waals surface area contributed by atoms with Gasteiger partial charge in [-0.15, -0.1) is 23.5 Å². The van der Waals surface area contributed by atoms with Crippen LogP contribution in [0.5, 0.6) is 0 Å². The van der Waals surface area contributed by atoms with Gasteiger partial charge in [0.2, 0.25) is 0 Å². The molecule has 0 saturated heterocycles. The minimum absolute atomic E-state index is 0.368. The van der Waals surface area contributed by atoms with Crippen molar-refractivity contribution in [2.75, 3.05) is 16.8 Å². The molecule has 12 heteroatoms. The fourth-order valence-electron chi connectivity index (χ4n) is 12.2. The van der Waals surface area contributed by atoms with E-state index in [1.165, 1.54) is 141 Å². The van der Waals surface area contributed by atoms with E-state index < -0.39 is 0 Å². The predicted octanol–water partition coefficient (Wildman–Crippen LogP) is 24.1. The number of aromatic nitrogens is 4. The van der Waals surface area contributed by atoms with Gasteiger partial charge in [0.05, 0.1) is 56.8 Å². The van der Waals surface area contributed by atoms with Gasteiger partial charge < -0.3 is 15.3 Å². The van der Waals surface area contributed by atoms with Crippen LogP contribution in [0.3, 0.4) is 0 Å². The number of H-pyrrole nitrogens is 2. The lowest BCUT2D eigenvalue weighted by atomic mass is 9.95. The van der Waals surface area contributed by atoms with E-state index >= 15 is 0 Å². The highest BCUT2D eigenvalue weighted by molar-refractivity contribution is 8.42. The summed E-state index contributed by atoms with van der Waals surface area (Å²) in [6.45, 7) is 4.61. The van der Waals surface area contributed by atoms with E-state index in [1.54, 1.807) is 0 Å². The lowest BCUT2D eigenvalue weighted by Gasteiger charge is -2.24. The van der Waals surface area contributed by atoms with Crippen molar-refractivity contribution >= 4 is 122 Å². The predicted molar refractivity (Wildman–Crippen MR) is 382 cm³/mol. The van der Waals surface area contributed by atoms with Gasteiger partial charge in [0.25, 0.3) is 0 Å². The highest BCUT2D eigenvalue weighted by Crippen LogP contribution is 2.65. The Bertz CT molecular complexity index is 3980. The molecule has 0 saturated carbocycles. The Hall–Kier alpha value is -5.99. The highest BCUT2D eigenvalue weighted by Gasteiger charge is 2.38. The molecule has 5 aliphatic rings. The van der Waals surface area contributed by atoms with Crippen LogP contribution in [0.15, 0.2) is 189 Å². The number of rotatable bonds is 24. The van der Waals surface area contributed by atoms with Crippen molar-refractivity contribution in [2.45, 2.75) is 132 Å². The molecule has 0 spiro atoms. The molecule has 0 aliphatic carbocycles. The molecule has 8 aromatic rings. The van der Waals surface area contributed by atoms with Crippen LogP contribution in [0.25, 0.3) is 78.7 Å². The zero-order valence-corrected chi connectivity index (χ0v) is 54.2. The first-order valence-corrected chi connectivity index (χ1v) is 36.5. The number of hydrogen-bond acceptors (Lipinski definition) is 10. The van der Waals surface area contributed by atoms with Crippen LogP contribution < -0.4 is 5.32 Å². The molecule has 3 aromatic heterocycles. The monoisotopic (exact) mass is 1240 g/mol. The Labute approximate surface area is 533 Å². The number of aliphatic imine (C=N–C) groups is 1. The molecule has 3 N–H and O–H groups in total. The first-order chi connectivity index (χ1) is 42.6. The van der Waals surface area contributed by atoms with Crippen molar-refractivity contribution in [3.8, 4) is 44.5 Å². The molecular formula is C74H74N6S6. The smallest absolute Gasteiger partial charge is 0.114 e. The van der Waals surface area contributed by atoms with Crippen molar-refractivity contribution in [3.05, 3.63) is 197 Å². The number of aromatic amines is 2. The van der Waals surface area contributed by atoms with Crippen LogP contribution in [0.4, 0.5) is 11.4 Å². The molecule has 0 radical (unpaired) electrons. The maximum Gasteiger partial charge on any atom is 0.114 e. The van der Waals surface area contributed by atoms with Crippen LogP contribution in [-0.2, 0) is 0 Å². The standard InChI is InChI=1S/C74H74N6S6/c1-3-5-7-9-11-13-15-29-45-81-71-72(82-46-30-16-14-12-10-8-6-4-2)86-74(85-71)73-83-61-47-59-60(48-62(61)84-73)79-70-68-66(52-37-27-20-28-38-52)58-44-42-56(77-58)64(50-33-23-18-24-34-50)54-40-39-53(75-54)63(49-31-21-17-22-32-49)55-41-43-57(76-55)65(51-35-25-19-26-36-51)67(80-68)69(70)78-59/h17-28,31-44,47-48,69,76-78H,3-16,29-30,45-46H2,1-2H3. The van der Waals surface area contributed by atoms with Gasteiger partial charge in [0, 0.05) is 54.1 Å². The third kappa shape index (κ3) is 13.2. The molecule has 13 rings (SSSR count). The number of hydrogen-bond donors (Lipinski definition) is 3. The quantitative estimate of drug-likeness (QED) is 0.0513. The molecule has 1 unspecified atom stereocenters. The Morgan fingerprint density at radius 1 is 0.419 bits per heavy atom. The van der Waals surface area contributed by atoms with E-state index in [-0.39, 0.29) is 6.04 Å². The van der Waals surface area contributed by atoms with E-state index in [0.717, 1.165) is 106 Å². The topological polar surface area (TPSA) is 81.8 Å². The summed E-state index contributed by atoms with van der Waals surface area (Å²) in [5.41, 5.74) is 18.6. The third-order valence-corrected chi connectivity index (χ3v) is 25.3. The van der Waals surface area contributed by atoms with Gasteiger partial charge in [0.1, 0.15) is 6.04 Å². The number of nitrogens with one attached hydrogen (secondary N) is 3. The zero-order valence-electron chi connectivity index (χ0n) is 49.3. The van der Waals surface area contributed by atoms with Gasteiger partial charge in [-0.05, 0) is 95.2 Å². The Morgan fingerprint density at radius 3 is 1.31 bits per heavy atom. The second-order valence-corrected chi connectivity index (χ2v) is 30.1. The summed E-state index contributed by atoms with van der Waals surface area (Å²) in [4.78, 5) is 27.7. The van der Waals surface area contributed by atoms with Crippen molar-refractivity contribution in [2.24, 2.45) is 4.99 Å². The number of benzene rings is 5. The number of nitrogens with zero attached hydrogens (tertiary/aromatic N) is 3. The van der Waals surface area contributed by atoms with Crippen molar-refractivity contribution < 1.29 is 0 Å². The molecule has 8 heterocycles. The molecule has 86 heavy (non-hydrogen) atoms. The highest BCUT2D eigenvalue weighted by atomic mass is 32.3. The van der Waals surface area contributed by atoms with Crippen molar-refractivity contribution in [3.63, 3.8) is 0 Å². The first-order valence-electron chi connectivity index (χ1n) is 31.3. The lowest BCUT2D eigenvalue weighted by Crippen LogP contribution is -2.21. The molecule has 8 bridgehead atoms. The van der Waals surface area contributed by atoms with Crippen molar-refractivity contribution in [1.29, 1.82) is 0 Å². The SMILES string of the molecule is CCCCCCCCCCSC1=C(SCCCCCCCCCC)SC(=C2Sc3cc4c(cc3S2)NC2C(=N4)c3nc2c(-c2ccccc2)c2ccc([nH]2)c(-c2ccccc2)c2nc(c(-c4ccccc4)c4ccc([nH]4)c3-c3ccccc3)C=C2)S1. The molecule has 0 fully saturated rings. The fraction of sp³-hybridized carbons (Fsp3) is 0.284. The summed E-state index contributed by atoms with van der Waals surface area (Å²) in [5.74, 6) is 2.39. The molecule has 1 atom stereocenters. The summed E-state index contributed by atoms with van der Waals surface area (Å²) in [6.07, 6.45) is 26.0. The molecule has 6 nitrogen and oxygen atoms in total. The van der Waals surface area contributed by atoms with Gasteiger partial charge in [-0.3, -0.25) is 0 Å². The maximum atomic E-state index is 5.92. The van der Waals surface area contributed by atoms with Crippen molar-refractivity contribution in [1.82, 2.24) is 19.9 Å². The number of thioether (sulfide) groups is 6. The Morgan fingerprint density at radius 2 is 0.826 bits per heavy atom. The maximum absolute atomic E-state index is 5.92. The zero-order chi connectivity index (χ0) is 58.0. The van der Waals surface area contributed by atoms with Gasteiger partial charge in [0.15, 0.2) is 0 Å². The van der Waals surface area contributed by atoms with Crippen LogP contribution in [-0.4, -0.2) is 37.2 Å². The average molecular weight is 1240 g/mol. The summed E-state index contributed by atoms with van der Waals surface area (Å²) < 4.78 is 5.86. The van der Waals surface area contributed by atoms with Gasteiger partial charge >= 0.3 is 0 Å². The number of anilines is 1. The second kappa shape index (κ2) is 28.4.